The summed E-state index contributed by atoms with van der Waals surface area (Å²) in [6.07, 6.45) is 0. The lowest BCUT2D eigenvalue weighted by Gasteiger charge is -1.87. The molecule has 0 aliphatic carbocycles. The fourth-order valence-electron chi connectivity index (χ4n) is 0.641. The first-order valence-electron chi connectivity index (χ1n) is 3.44. The maximum atomic E-state index is 10.5. The van der Waals surface area contributed by atoms with E-state index in [4.69, 9.17) is 5.11 Å². The summed E-state index contributed by atoms with van der Waals surface area (Å²) >= 11 is 0. The molecule has 0 aliphatic rings. The van der Waals surface area contributed by atoms with Gasteiger partial charge in [0.25, 0.3) is 0 Å². The second-order valence-electron chi connectivity index (χ2n) is 2.15. The van der Waals surface area contributed by atoms with Gasteiger partial charge < -0.3 is 5.11 Å². The number of hydrogen-bond acceptors (Lipinski definition) is 3. The fraction of sp³-hybridized carbons (Fsp3) is 0. The highest BCUT2D eigenvalue weighted by atomic mass is 16.4. The van der Waals surface area contributed by atoms with Gasteiger partial charge in [0.1, 0.15) is 0 Å². The Morgan fingerprint density at radius 3 is 2.31 bits per heavy atom. The lowest BCUT2D eigenvalue weighted by Crippen LogP contribution is -2.07. The molecule has 0 saturated heterocycles. The number of amides is 1. The summed E-state index contributed by atoms with van der Waals surface area (Å²) in [5.41, 5.74) is 0.442. The van der Waals surface area contributed by atoms with Crippen LogP contribution in [0.2, 0.25) is 0 Å². The third kappa shape index (κ3) is 2.82. The number of carbonyl (C=O) groups excluding carboxylic acids is 1. The van der Waals surface area contributed by atoms with Crippen molar-refractivity contribution in [2.45, 2.75) is 0 Å². The van der Waals surface area contributed by atoms with Crippen LogP contribution in [0.3, 0.4) is 0 Å². The minimum atomic E-state index is -1.61. The van der Waals surface area contributed by atoms with Crippen molar-refractivity contribution >= 4 is 17.6 Å². The van der Waals surface area contributed by atoms with Crippen molar-refractivity contribution in [3.8, 4) is 0 Å². The van der Waals surface area contributed by atoms with Crippen molar-refractivity contribution < 1.29 is 14.7 Å². The molecule has 0 aromatic heterocycles. The van der Waals surface area contributed by atoms with Crippen LogP contribution < -0.4 is 0 Å². The zero-order valence-electron chi connectivity index (χ0n) is 6.54. The van der Waals surface area contributed by atoms with Gasteiger partial charge >= 0.3 is 11.9 Å². The van der Waals surface area contributed by atoms with Gasteiger partial charge in [-0.3, -0.25) is 4.79 Å². The molecule has 0 spiro atoms. The van der Waals surface area contributed by atoms with Crippen LogP contribution in [0.1, 0.15) is 0 Å². The van der Waals surface area contributed by atoms with Gasteiger partial charge in [-0.05, 0) is 12.1 Å². The van der Waals surface area contributed by atoms with E-state index in [0.717, 1.165) is 0 Å². The second-order valence-corrected chi connectivity index (χ2v) is 2.15. The van der Waals surface area contributed by atoms with E-state index in [0.29, 0.717) is 5.69 Å². The number of rotatable bonds is 1. The van der Waals surface area contributed by atoms with E-state index in [1.54, 1.807) is 30.3 Å². The SMILES string of the molecule is O=C(O)C(=O)N=Nc1ccccc1. The lowest BCUT2D eigenvalue weighted by atomic mass is 10.3. The number of aliphatic carboxylic acids is 1. The van der Waals surface area contributed by atoms with Crippen molar-refractivity contribution in [3.05, 3.63) is 30.3 Å². The average Bonchev–Trinajstić information content (AvgIpc) is 2.15. The molecule has 66 valence electrons. The van der Waals surface area contributed by atoms with Crippen LogP contribution in [0.25, 0.3) is 0 Å². The van der Waals surface area contributed by atoms with E-state index in [9.17, 15) is 9.59 Å². The molecule has 0 aliphatic heterocycles. The molecular weight excluding hydrogens is 172 g/mol. The Morgan fingerprint density at radius 1 is 1.15 bits per heavy atom. The number of hydrogen-bond donors (Lipinski definition) is 1. The first-order chi connectivity index (χ1) is 6.20. The van der Waals surface area contributed by atoms with Gasteiger partial charge in [0, 0.05) is 0 Å². The molecule has 5 heteroatoms. The molecule has 0 heterocycles. The summed E-state index contributed by atoms with van der Waals surface area (Å²) in [4.78, 5) is 20.5. The molecule has 0 bridgehead atoms. The molecule has 1 aromatic carbocycles. The number of benzene rings is 1. The number of carboxylic acids is 1. The number of carbonyl (C=O) groups is 2. The first-order valence-corrected chi connectivity index (χ1v) is 3.44. The van der Waals surface area contributed by atoms with E-state index < -0.39 is 11.9 Å². The minimum absolute atomic E-state index is 0.442. The summed E-state index contributed by atoms with van der Waals surface area (Å²) in [6.45, 7) is 0. The zero-order chi connectivity index (χ0) is 9.68. The quantitative estimate of drug-likeness (QED) is 0.521. The number of carboxylic acid groups (broad SMARTS) is 1. The molecule has 1 N–H and O–H groups in total. The average molecular weight is 178 g/mol. The first kappa shape index (κ1) is 9.05. The fourth-order valence-corrected chi connectivity index (χ4v) is 0.641. The molecule has 13 heavy (non-hydrogen) atoms. The lowest BCUT2D eigenvalue weighted by molar-refractivity contribution is -0.148. The van der Waals surface area contributed by atoms with Crippen LogP contribution in [0, 0.1) is 0 Å². The van der Waals surface area contributed by atoms with Crippen LogP contribution in [0.5, 0.6) is 0 Å². The van der Waals surface area contributed by atoms with Crippen LogP contribution in [-0.4, -0.2) is 17.0 Å². The summed E-state index contributed by atoms with van der Waals surface area (Å²) < 4.78 is 0. The van der Waals surface area contributed by atoms with Gasteiger partial charge in [0.15, 0.2) is 0 Å². The molecule has 1 rings (SSSR count). The van der Waals surface area contributed by atoms with Crippen molar-refractivity contribution in [2.24, 2.45) is 10.2 Å². The maximum absolute atomic E-state index is 10.5. The van der Waals surface area contributed by atoms with Crippen LogP contribution in [0.15, 0.2) is 40.6 Å². The normalized spacial score (nSPS) is 10.2. The Kier molecular flexibility index (Phi) is 2.86. The Hall–Kier alpha value is -2.04. The standard InChI is InChI=1S/C8H6N2O3/c11-7(8(12)13)10-9-6-4-2-1-3-5-6/h1-5H,(H,12,13). The van der Waals surface area contributed by atoms with Crippen LogP contribution in [0.4, 0.5) is 5.69 Å². The van der Waals surface area contributed by atoms with Gasteiger partial charge in [-0.15, -0.1) is 5.11 Å². The highest BCUT2D eigenvalue weighted by Gasteiger charge is 2.08. The predicted octanol–water partition coefficient (Wildman–Crippen LogP) is 1.38. The molecular formula is C8H6N2O3. The summed E-state index contributed by atoms with van der Waals surface area (Å²) in [5.74, 6) is -2.89. The predicted molar refractivity (Wildman–Crippen MR) is 43.6 cm³/mol. The third-order valence-electron chi connectivity index (χ3n) is 1.20. The molecule has 0 unspecified atom stereocenters. The Morgan fingerprint density at radius 2 is 1.77 bits per heavy atom. The van der Waals surface area contributed by atoms with Crippen LogP contribution >= 0.6 is 0 Å². The Bertz CT molecular complexity index is 346. The van der Waals surface area contributed by atoms with E-state index in [2.05, 4.69) is 10.2 Å². The van der Waals surface area contributed by atoms with E-state index in [1.807, 2.05) is 0 Å². The molecule has 1 amide bonds. The monoisotopic (exact) mass is 178 g/mol. The van der Waals surface area contributed by atoms with Gasteiger partial charge in [-0.1, -0.05) is 23.3 Å². The molecule has 0 atom stereocenters. The Balaban J connectivity index is 2.70. The molecule has 0 radical (unpaired) electrons. The summed E-state index contributed by atoms with van der Waals surface area (Å²) in [6, 6.07) is 8.41. The molecule has 0 fully saturated rings. The smallest absolute Gasteiger partial charge is 0.398 e. The van der Waals surface area contributed by atoms with E-state index in [1.165, 1.54) is 0 Å². The van der Waals surface area contributed by atoms with Crippen LogP contribution in [-0.2, 0) is 9.59 Å². The van der Waals surface area contributed by atoms with Crippen molar-refractivity contribution in [2.75, 3.05) is 0 Å². The summed E-state index contributed by atoms with van der Waals surface area (Å²) in [5, 5.41) is 14.6. The van der Waals surface area contributed by atoms with Crippen molar-refractivity contribution in [1.29, 1.82) is 0 Å². The molecule has 1 aromatic rings. The highest BCUT2D eigenvalue weighted by molar-refractivity contribution is 6.31. The second kappa shape index (κ2) is 4.10. The third-order valence-corrected chi connectivity index (χ3v) is 1.20. The highest BCUT2D eigenvalue weighted by Crippen LogP contribution is 2.09. The maximum Gasteiger partial charge on any atom is 0.398 e. The minimum Gasteiger partial charge on any atom is -0.474 e. The van der Waals surface area contributed by atoms with Crippen molar-refractivity contribution in [3.63, 3.8) is 0 Å². The topological polar surface area (TPSA) is 79.1 Å². The van der Waals surface area contributed by atoms with Gasteiger partial charge in [-0.25, -0.2) is 4.79 Å². The molecule has 5 nitrogen and oxygen atoms in total. The zero-order valence-corrected chi connectivity index (χ0v) is 6.54. The van der Waals surface area contributed by atoms with E-state index in [-0.39, 0.29) is 0 Å². The summed E-state index contributed by atoms with van der Waals surface area (Å²) in [7, 11) is 0. The van der Waals surface area contributed by atoms with Gasteiger partial charge in [-0.2, -0.15) is 0 Å². The molecule has 0 saturated carbocycles. The number of nitrogens with zero attached hydrogens (tertiary/aromatic N) is 2. The number of azo groups is 1. The van der Waals surface area contributed by atoms with Gasteiger partial charge in [0.05, 0.1) is 5.69 Å². The van der Waals surface area contributed by atoms with Crippen molar-refractivity contribution in [1.82, 2.24) is 0 Å². The van der Waals surface area contributed by atoms with E-state index >= 15 is 0 Å². The largest absolute Gasteiger partial charge is 0.474 e. The Labute approximate surface area is 73.7 Å². The van der Waals surface area contributed by atoms with Gasteiger partial charge in [0.2, 0.25) is 0 Å².